The lowest BCUT2D eigenvalue weighted by atomic mass is 9.96. The number of piperazine rings is 1. The fraction of sp³-hybridized carbons (Fsp3) is 0.429. The summed E-state index contributed by atoms with van der Waals surface area (Å²) in [5.41, 5.74) is 6.76. The van der Waals surface area contributed by atoms with Crippen molar-refractivity contribution in [1.29, 1.82) is 0 Å². The van der Waals surface area contributed by atoms with E-state index in [2.05, 4.69) is 79.9 Å². The van der Waals surface area contributed by atoms with E-state index in [4.69, 9.17) is 9.72 Å². The molecular weight excluding hydrogens is 595 g/mol. The molecule has 0 radical (unpaired) electrons. The number of benzene rings is 2. The molecule has 0 amide bonds. The summed E-state index contributed by atoms with van der Waals surface area (Å²) in [6.45, 7) is 15.3. The summed E-state index contributed by atoms with van der Waals surface area (Å²) in [4.78, 5) is 27.2. The van der Waals surface area contributed by atoms with Gasteiger partial charge in [-0.15, -0.1) is 11.8 Å². The number of piperidine rings is 1. The van der Waals surface area contributed by atoms with Crippen molar-refractivity contribution in [3.8, 4) is 5.75 Å². The summed E-state index contributed by atoms with van der Waals surface area (Å²) in [6.07, 6.45) is 11.4. The Morgan fingerprint density at radius 2 is 1.74 bits per heavy atom. The van der Waals surface area contributed by atoms with Gasteiger partial charge in [0.05, 0.1) is 28.9 Å². The molecule has 0 atom stereocenters. The molecule has 2 fully saturated rings. The zero-order chi connectivity index (χ0) is 32.2. The van der Waals surface area contributed by atoms with Gasteiger partial charge in [-0.25, -0.2) is 4.98 Å². The van der Waals surface area contributed by atoms with Gasteiger partial charge in [-0.3, -0.25) is 14.9 Å². The predicted molar refractivity (Wildman–Crippen MR) is 191 cm³/mol. The average Bonchev–Trinajstić information content (AvgIpc) is 3.08. The molecule has 2 aromatic carbocycles. The lowest BCUT2D eigenvalue weighted by Gasteiger charge is -2.43. The summed E-state index contributed by atoms with van der Waals surface area (Å²) in [5.74, 6) is 2.21. The van der Waals surface area contributed by atoms with Crippen LogP contribution >= 0.6 is 11.8 Å². The number of methoxy groups -OCH3 is 1. The largest absolute Gasteiger partial charge is 0.494 e. The Bertz CT molecular complexity index is 1680. The van der Waals surface area contributed by atoms with Gasteiger partial charge in [-0.1, -0.05) is 26.5 Å². The monoisotopic (exact) mass is 639 g/mol. The van der Waals surface area contributed by atoms with E-state index in [1.54, 1.807) is 43.5 Å². The average molecular weight is 640 g/mol. The van der Waals surface area contributed by atoms with E-state index in [9.17, 15) is 0 Å². The van der Waals surface area contributed by atoms with E-state index in [0.29, 0.717) is 23.7 Å². The van der Waals surface area contributed by atoms with Crippen molar-refractivity contribution in [2.24, 2.45) is 0 Å². The molecule has 2 aromatic heterocycles. The van der Waals surface area contributed by atoms with Crippen LogP contribution in [0.5, 0.6) is 5.75 Å². The SMILES string of the molecule is C=Cc1cnc(Nc2cc(C(C)C)c(N3CCC(N4CCN(C)CC4)CC3)cc2OC)nc1Nc1ccc2nccnc2c1SC. The Morgan fingerprint density at radius 3 is 2.43 bits per heavy atom. The summed E-state index contributed by atoms with van der Waals surface area (Å²) in [7, 11) is 3.95. The van der Waals surface area contributed by atoms with Crippen LogP contribution in [0.2, 0.25) is 0 Å². The maximum absolute atomic E-state index is 5.95. The van der Waals surface area contributed by atoms with E-state index >= 15 is 0 Å². The van der Waals surface area contributed by atoms with E-state index in [-0.39, 0.29) is 0 Å². The highest BCUT2D eigenvalue weighted by molar-refractivity contribution is 7.99. The van der Waals surface area contributed by atoms with Crippen molar-refractivity contribution >= 4 is 57.7 Å². The summed E-state index contributed by atoms with van der Waals surface area (Å²) in [6, 6.07) is 9.04. The number of nitrogens with zero attached hydrogens (tertiary/aromatic N) is 7. The van der Waals surface area contributed by atoms with Gasteiger partial charge in [0, 0.05) is 81.2 Å². The number of thioether (sulfide) groups is 1. The molecule has 0 saturated carbocycles. The molecule has 2 saturated heterocycles. The Morgan fingerprint density at radius 1 is 0.978 bits per heavy atom. The fourth-order valence-corrected chi connectivity index (χ4v) is 7.20. The van der Waals surface area contributed by atoms with Crippen molar-refractivity contribution in [3.05, 3.63) is 60.6 Å². The number of hydrogen-bond acceptors (Lipinski definition) is 11. The van der Waals surface area contributed by atoms with Crippen molar-refractivity contribution in [2.45, 2.75) is 43.5 Å². The van der Waals surface area contributed by atoms with E-state index in [1.807, 2.05) is 18.4 Å². The second-order valence-electron chi connectivity index (χ2n) is 12.3. The first-order chi connectivity index (χ1) is 22.4. The highest BCUT2D eigenvalue weighted by atomic mass is 32.2. The van der Waals surface area contributed by atoms with Gasteiger partial charge < -0.3 is 25.2 Å². The Labute approximate surface area is 276 Å². The molecule has 242 valence electrons. The zero-order valence-electron chi connectivity index (χ0n) is 27.6. The molecule has 46 heavy (non-hydrogen) atoms. The van der Waals surface area contributed by atoms with Crippen LogP contribution in [0.15, 0.2) is 54.3 Å². The minimum atomic E-state index is 0.332. The highest BCUT2D eigenvalue weighted by Gasteiger charge is 2.28. The third-order valence-electron chi connectivity index (χ3n) is 9.16. The lowest BCUT2D eigenvalue weighted by molar-refractivity contribution is 0.0982. The molecule has 4 aromatic rings. The molecule has 2 aliphatic rings. The Kier molecular flexibility index (Phi) is 9.91. The minimum Gasteiger partial charge on any atom is -0.494 e. The fourth-order valence-electron chi connectivity index (χ4n) is 6.51. The normalized spacial score (nSPS) is 16.6. The number of nitrogens with one attached hydrogen (secondary N) is 2. The molecule has 0 aliphatic carbocycles. The van der Waals surface area contributed by atoms with Gasteiger partial charge in [-0.2, -0.15) is 4.98 Å². The van der Waals surface area contributed by atoms with Crippen molar-refractivity contribution < 1.29 is 4.74 Å². The van der Waals surface area contributed by atoms with Crippen molar-refractivity contribution in [3.63, 3.8) is 0 Å². The standard InChI is InChI=1S/C35H45N9OS/c1-7-24-22-38-35(41-34(24)39-28-9-8-27-32(33(28)46-6)37-13-12-36-27)40-29-20-26(23(2)3)30(21-31(29)45-5)44-14-10-25(11-15-44)43-18-16-42(4)17-19-43/h7-9,12-13,20-23,25H,1,10-11,14-19H2,2-6H3,(H2,38,39,40,41). The summed E-state index contributed by atoms with van der Waals surface area (Å²) >= 11 is 1.62. The first-order valence-corrected chi connectivity index (χ1v) is 17.3. The van der Waals surface area contributed by atoms with Gasteiger partial charge in [0.2, 0.25) is 5.95 Å². The molecule has 6 rings (SSSR count). The van der Waals surface area contributed by atoms with E-state index in [0.717, 1.165) is 51.7 Å². The third-order valence-corrected chi connectivity index (χ3v) is 9.99. The van der Waals surface area contributed by atoms with Crippen molar-refractivity contribution in [2.75, 3.05) is 75.2 Å². The van der Waals surface area contributed by atoms with Gasteiger partial charge in [0.15, 0.2) is 0 Å². The lowest BCUT2D eigenvalue weighted by Crippen LogP contribution is -2.52. The molecule has 2 N–H and O–H groups in total. The van der Waals surface area contributed by atoms with E-state index in [1.165, 1.54) is 50.3 Å². The molecule has 11 heteroatoms. The smallest absolute Gasteiger partial charge is 0.229 e. The van der Waals surface area contributed by atoms with Crippen LogP contribution in [-0.4, -0.2) is 95.5 Å². The van der Waals surface area contributed by atoms with Gasteiger partial charge in [-0.05, 0) is 55.8 Å². The van der Waals surface area contributed by atoms with E-state index < -0.39 is 0 Å². The number of likely N-dealkylation sites (N-methyl/N-ethyl adjacent to an activating group) is 1. The number of rotatable bonds is 10. The molecule has 4 heterocycles. The Hall–Kier alpha value is -3.93. The summed E-state index contributed by atoms with van der Waals surface area (Å²) in [5, 5.41) is 6.97. The number of ether oxygens (including phenoxy) is 1. The summed E-state index contributed by atoms with van der Waals surface area (Å²) < 4.78 is 5.95. The third kappa shape index (κ3) is 6.77. The van der Waals surface area contributed by atoms with Crippen molar-refractivity contribution in [1.82, 2.24) is 29.7 Å². The number of fused-ring (bicyclic) bond motifs is 1. The van der Waals surface area contributed by atoms with Crippen LogP contribution < -0.4 is 20.3 Å². The number of aromatic nitrogens is 4. The van der Waals surface area contributed by atoms with Crippen LogP contribution in [0, 0.1) is 0 Å². The van der Waals surface area contributed by atoms with Crippen LogP contribution in [0.1, 0.15) is 43.7 Å². The first kappa shape index (κ1) is 32.0. The van der Waals surface area contributed by atoms with Crippen LogP contribution in [-0.2, 0) is 0 Å². The second-order valence-corrected chi connectivity index (χ2v) is 13.2. The molecule has 2 aliphatic heterocycles. The predicted octanol–water partition coefficient (Wildman–Crippen LogP) is 6.62. The van der Waals surface area contributed by atoms with Crippen LogP contribution in [0.3, 0.4) is 0 Å². The molecule has 0 unspecified atom stereocenters. The first-order valence-electron chi connectivity index (χ1n) is 16.1. The highest BCUT2D eigenvalue weighted by Crippen LogP contribution is 2.40. The Balaban J connectivity index is 1.24. The molecule has 0 bridgehead atoms. The van der Waals surface area contributed by atoms with Gasteiger partial charge >= 0.3 is 0 Å². The molecular formula is C35H45N9OS. The van der Waals surface area contributed by atoms with Gasteiger partial charge in [0.25, 0.3) is 0 Å². The maximum atomic E-state index is 5.95. The quantitative estimate of drug-likeness (QED) is 0.183. The number of hydrogen-bond donors (Lipinski definition) is 2. The molecule has 0 spiro atoms. The topological polar surface area (TPSA) is 94.6 Å². The van der Waals surface area contributed by atoms with Gasteiger partial charge in [0.1, 0.15) is 17.1 Å². The van der Waals surface area contributed by atoms with Crippen LogP contribution in [0.4, 0.5) is 28.8 Å². The number of anilines is 5. The van der Waals surface area contributed by atoms with Crippen LogP contribution in [0.25, 0.3) is 17.1 Å². The maximum Gasteiger partial charge on any atom is 0.229 e. The second kappa shape index (κ2) is 14.2. The zero-order valence-corrected chi connectivity index (χ0v) is 28.4. The molecule has 10 nitrogen and oxygen atoms in total. The minimum absolute atomic E-state index is 0.332.